The van der Waals surface area contributed by atoms with Gasteiger partial charge in [-0.05, 0) is 31.2 Å². The Balaban J connectivity index is 2.12. The number of methoxy groups -OCH3 is 2. The predicted molar refractivity (Wildman–Crippen MR) is 97.9 cm³/mol. The third-order valence-corrected chi connectivity index (χ3v) is 4.89. The number of benzene rings is 2. The topological polar surface area (TPSA) is 60.6 Å². The number of aromatic nitrogens is 1. The second-order valence-electron chi connectivity index (χ2n) is 5.21. The van der Waals surface area contributed by atoms with E-state index in [-0.39, 0.29) is 5.97 Å². The Labute approximate surface area is 150 Å². The van der Waals surface area contributed by atoms with Crippen molar-refractivity contribution < 1.29 is 19.0 Å². The Bertz CT molecular complexity index is 904. The highest BCUT2D eigenvalue weighted by atomic mass is 32.2. The van der Waals surface area contributed by atoms with Crippen LogP contribution < -0.4 is 9.47 Å². The molecule has 0 atom stereocenters. The van der Waals surface area contributed by atoms with Crippen LogP contribution in [0.15, 0.2) is 52.3 Å². The Kier molecular flexibility index (Phi) is 5.19. The molecule has 6 heteroatoms. The van der Waals surface area contributed by atoms with Crippen molar-refractivity contribution in [2.75, 3.05) is 20.8 Å². The lowest BCUT2D eigenvalue weighted by molar-refractivity contribution is 0.0516. The molecule has 1 N–H and O–H groups in total. The van der Waals surface area contributed by atoms with Gasteiger partial charge in [0.1, 0.15) is 17.2 Å². The number of ether oxygens (including phenoxy) is 3. The monoisotopic (exact) mass is 357 g/mol. The van der Waals surface area contributed by atoms with E-state index in [0.717, 1.165) is 26.4 Å². The number of aromatic amines is 1. The maximum absolute atomic E-state index is 12.4. The molecular formula is C19H19NO4S. The first-order valence-corrected chi connectivity index (χ1v) is 8.67. The summed E-state index contributed by atoms with van der Waals surface area (Å²) in [6, 6.07) is 13.4. The smallest absolute Gasteiger partial charge is 0.355 e. The van der Waals surface area contributed by atoms with E-state index in [1.807, 2.05) is 42.5 Å². The maximum Gasteiger partial charge on any atom is 0.355 e. The number of carbonyl (C=O) groups is 1. The highest BCUT2D eigenvalue weighted by Gasteiger charge is 2.21. The van der Waals surface area contributed by atoms with Crippen molar-refractivity contribution in [2.24, 2.45) is 0 Å². The van der Waals surface area contributed by atoms with Crippen molar-refractivity contribution in [3.63, 3.8) is 0 Å². The van der Waals surface area contributed by atoms with Crippen molar-refractivity contribution in [1.82, 2.24) is 4.98 Å². The molecule has 5 nitrogen and oxygen atoms in total. The summed E-state index contributed by atoms with van der Waals surface area (Å²) in [5, 5.41) is 0.959. The summed E-state index contributed by atoms with van der Waals surface area (Å²) >= 11 is 1.45. The SMILES string of the molecule is CCOC(=O)c1[nH]c2ccccc2c1Sc1cc(OC)ccc1OC. The van der Waals surface area contributed by atoms with Crippen LogP contribution in [-0.2, 0) is 4.74 Å². The molecule has 2 aromatic carbocycles. The molecule has 0 amide bonds. The number of esters is 1. The van der Waals surface area contributed by atoms with Crippen LogP contribution in [0.5, 0.6) is 11.5 Å². The Morgan fingerprint density at radius 2 is 1.92 bits per heavy atom. The van der Waals surface area contributed by atoms with Crippen LogP contribution in [0.3, 0.4) is 0 Å². The minimum absolute atomic E-state index is 0.320. The second kappa shape index (κ2) is 7.53. The summed E-state index contributed by atoms with van der Waals surface area (Å²) in [5.41, 5.74) is 1.33. The second-order valence-corrected chi connectivity index (χ2v) is 6.27. The van der Waals surface area contributed by atoms with E-state index in [0.29, 0.717) is 18.1 Å². The number of para-hydroxylation sites is 1. The van der Waals surface area contributed by atoms with Gasteiger partial charge in [0.25, 0.3) is 0 Å². The van der Waals surface area contributed by atoms with Gasteiger partial charge in [0.05, 0.1) is 30.6 Å². The summed E-state index contributed by atoms with van der Waals surface area (Å²) < 4.78 is 16.0. The van der Waals surface area contributed by atoms with E-state index in [9.17, 15) is 4.79 Å². The van der Waals surface area contributed by atoms with Crippen molar-refractivity contribution in [2.45, 2.75) is 16.7 Å². The van der Waals surface area contributed by atoms with Crippen LogP contribution in [0.1, 0.15) is 17.4 Å². The summed E-state index contributed by atoms with van der Waals surface area (Å²) in [6.45, 7) is 2.11. The summed E-state index contributed by atoms with van der Waals surface area (Å²) in [6.07, 6.45) is 0. The number of hydrogen-bond donors (Lipinski definition) is 1. The van der Waals surface area contributed by atoms with Crippen molar-refractivity contribution in [3.05, 3.63) is 48.2 Å². The lowest BCUT2D eigenvalue weighted by atomic mass is 10.2. The third-order valence-electron chi connectivity index (χ3n) is 3.72. The lowest BCUT2D eigenvalue weighted by Gasteiger charge is -2.10. The molecule has 0 aliphatic carbocycles. The number of carbonyl (C=O) groups excluding carboxylic acids is 1. The highest BCUT2D eigenvalue weighted by Crippen LogP contribution is 2.42. The fourth-order valence-corrected chi connectivity index (χ4v) is 3.71. The van der Waals surface area contributed by atoms with E-state index in [1.165, 1.54) is 11.8 Å². The molecule has 25 heavy (non-hydrogen) atoms. The molecule has 130 valence electrons. The predicted octanol–water partition coefficient (Wildman–Crippen LogP) is 4.51. The molecule has 0 unspecified atom stereocenters. The average molecular weight is 357 g/mol. The fraction of sp³-hybridized carbons (Fsp3) is 0.211. The molecule has 3 rings (SSSR count). The molecule has 0 bridgehead atoms. The van der Waals surface area contributed by atoms with Crippen molar-refractivity contribution >= 4 is 28.6 Å². The zero-order chi connectivity index (χ0) is 17.8. The van der Waals surface area contributed by atoms with Crippen LogP contribution in [0.2, 0.25) is 0 Å². The van der Waals surface area contributed by atoms with Gasteiger partial charge in [0.2, 0.25) is 0 Å². The van der Waals surface area contributed by atoms with Crippen molar-refractivity contribution in [3.8, 4) is 11.5 Å². The van der Waals surface area contributed by atoms with Gasteiger partial charge in [0, 0.05) is 10.9 Å². The molecule has 3 aromatic rings. The van der Waals surface area contributed by atoms with E-state index in [4.69, 9.17) is 14.2 Å². The van der Waals surface area contributed by atoms with Crippen LogP contribution in [0.25, 0.3) is 10.9 Å². The van der Waals surface area contributed by atoms with Gasteiger partial charge in [-0.2, -0.15) is 0 Å². The van der Waals surface area contributed by atoms with Gasteiger partial charge in [-0.1, -0.05) is 30.0 Å². The van der Waals surface area contributed by atoms with Crippen LogP contribution in [0, 0.1) is 0 Å². The fourth-order valence-electron chi connectivity index (χ4n) is 2.54. The summed E-state index contributed by atoms with van der Waals surface area (Å²) in [7, 11) is 3.24. The Hall–Kier alpha value is -2.60. The Morgan fingerprint density at radius 1 is 1.12 bits per heavy atom. The molecule has 1 aromatic heterocycles. The first kappa shape index (κ1) is 17.2. The van der Waals surface area contributed by atoms with Gasteiger partial charge in [-0.15, -0.1) is 0 Å². The van der Waals surface area contributed by atoms with Gasteiger partial charge in [0.15, 0.2) is 0 Å². The van der Waals surface area contributed by atoms with E-state index in [1.54, 1.807) is 21.1 Å². The summed E-state index contributed by atoms with van der Waals surface area (Å²) in [4.78, 5) is 17.2. The highest BCUT2D eigenvalue weighted by molar-refractivity contribution is 7.99. The first-order chi connectivity index (χ1) is 12.2. The summed E-state index contributed by atoms with van der Waals surface area (Å²) in [5.74, 6) is 1.06. The van der Waals surface area contributed by atoms with Crippen LogP contribution >= 0.6 is 11.8 Å². The van der Waals surface area contributed by atoms with Crippen molar-refractivity contribution in [1.29, 1.82) is 0 Å². The molecule has 0 spiro atoms. The molecule has 0 saturated carbocycles. The molecule has 0 fully saturated rings. The van der Waals surface area contributed by atoms with Crippen LogP contribution in [0.4, 0.5) is 0 Å². The van der Waals surface area contributed by atoms with E-state index in [2.05, 4.69) is 4.98 Å². The molecule has 0 saturated heterocycles. The Morgan fingerprint density at radius 3 is 2.64 bits per heavy atom. The first-order valence-electron chi connectivity index (χ1n) is 7.85. The molecule has 1 heterocycles. The number of fused-ring (bicyclic) bond motifs is 1. The molecule has 0 aliphatic rings. The lowest BCUT2D eigenvalue weighted by Crippen LogP contribution is -2.06. The van der Waals surface area contributed by atoms with Crippen LogP contribution in [-0.4, -0.2) is 31.8 Å². The van der Waals surface area contributed by atoms with E-state index >= 15 is 0 Å². The zero-order valence-corrected chi connectivity index (χ0v) is 15.1. The van der Waals surface area contributed by atoms with Gasteiger partial charge in [-0.3, -0.25) is 0 Å². The number of hydrogen-bond acceptors (Lipinski definition) is 5. The third kappa shape index (κ3) is 3.44. The quantitative estimate of drug-likeness (QED) is 0.658. The standard InChI is InChI=1S/C19H19NO4S/c1-4-24-19(21)17-18(13-7-5-6-8-14(13)20-17)25-16-11-12(22-2)9-10-15(16)23-3/h5-11,20H,4H2,1-3H3. The normalized spacial score (nSPS) is 10.7. The minimum Gasteiger partial charge on any atom is -0.497 e. The number of nitrogens with one attached hydrogen (secondary N) is 1. The molecule has 0 radical (unpaired) electrons. The largest absolute Gasteiger partial charge is 0.497 e. The molecule has 0 aliphatic heterocycles. The minimum atomic E-state index is -0.372. The maximum atomic E-state index is 12.4. The van der Waals surface area contributed by atoms with E-state index < -0.39 is 0 Å². The van der Waals surface area contributed by atoms with Gasteiger partial charge in [-0.25, -0.2) is 4.79 Å². The van der Waals surface area contributed by atoms with Gasteiger partial charge < -0.3 is 19.2 Å². The zero-order valence-electron chi connectivity index (χ0n) is 14.3. The average Bonchev–Trinajstić information content (AvgIpc) is 3.00. The van der Waals surface area contributed by atoms with Gasteiger partial charge >= 0.3 is 5.97 Å². The number of rotatable bonds is 6. The number of H-pyrrole nitrogens is 1. The molecular weight excluding hydrogens is 338 g/mol.